The zero-order valence-corrected chi connectivity index (χ0v) is 12.8. The molecular formula is C15H28N2S. The van der Waals surface area contributed by atoms with E-state index in [1.807, 2.05) is 0 Å². The third-order valence-corrected chi connectivity index (χ3v) is 6.82. The molecule has 1 aliphatic heterocycles. The molecule has 3 heteroatoms. The molecule has 3 fully saturated rings. The molecule has 1 atom stereocenters. The quantitative estimate of drug-likeness (QED) is 0.844. The van der Waals surface area contributed by atoms with Crippen LogP contribution in [0.2, 0.25) is 0 Å². The van der Waals surface area contributed by atoms with Gasteiger partial charge >= 0.3 is 0 Å². The molecular weight excluding hydrogens is 240 g/mol. The molecule has 0 aromatic heterocycles. The van der Waals surface area contributed by atoms with Crippen LogP contribution in [0.5, 0.6) is 0 Å². The Morgan fingerprint density at radius 1 is 1.28 bits per heavy atom. The van der Waals surface area contributed by atoms with E-state index in [2.05, 4.69) is 35.2 Å². The van der Waals surface area contributed by atoms with Crippen molar-refractivity contribution in [1.29, 1.82) is 0 Å². The number of nitrogens with zero attached hydrogens (tertiary/aromatic N) is 1. The van der Waals surface area contributed by atoms with Crippen LogP contribution >= 0.6 is 11.8 Å². The van der Waals surface area contributed by atoms with E-state index in [0.717, 1.165) is 5.92 Å². The van der Waals surface area contributed by atoms with Crippen LogP contribution in [0.15, 0.2) is 0 Å². The summed E-state index contributed by atoms with van der Waals surface area (Å²) in [7, 11) is 0. The van der Waals surface area contributed by atoms with Crippen LogP contribution in [0.1, 0.15) is 45.4 Å². The Balaban J connectivity index is 1.63. The van der Waals surface area contributed by atoms with Gasteiger partial charge in [-0.25, -0.2) is 0 Å². The Labute approximate surface area is 116 Å². The van der Waals surface area contributed by atoms with Gasteiger partial charge in [0.05, 0.1) is 0 Å². The molecule has 104 valence electrons. The molecule has 0 aromatic carbocycles. The van der Waals surface area contributed by atoms with Gasteiger partial charge in [-0.15, -0.1) is 0 Å². The first-order valence-electron chi connectivity index (χ1n) is 7.68. The van der Waals surface area contributed by atoms with Gasteiger partial charge in [-0.2, -0.15) is 11.8 Å². The third kappa shape index (κ3) is 2.59. The molecule has 0 amide bonds. The topological polar surface area (TPSA) is 15.3 Å². The molecule has 2 nitrogen and oxygen atoms in total. The summed E-state index contributed by atoms with van der Waals surface area (Å²) in [4.78, 5) is 2.77. The Kier molecular flexibility index (Phi) is 3.68. The minimum Gasteiger partial charge on any atom is -0.310 e. The maximum atomic E-state index is 3.84. The summed E-state index contributed by atoms with van der Waals surface area (Å²) in [5, 5.41) is 3.84. The number of hydrogen-bond donors (Lipinski definition) is 1. The van der Waals surface area contributed by atoms with E-state index in [1.54, 1.807) is 0 Å². The van der Waals surface area contributed by atoms with E-state index in [4.69, 9.17) is 0 Å². The molecule has 1 N–H and O–H groups in total. The molecule has 2 aliphatic carbocycles. The first-order valence-corrected chi connectivity index (χ1v) is 8.91. The van der Waals surface area contributed by atoms with Gasteiger partial charge in [-0.05, 0) is 64.3 Å². The molecule has 1 saturated heterocycles. The number of thioether (sulfide) groups is 1. The van der Waals surface area contributed by atoms with Crippen LogP contribution in [-0.4, -0.2) is 47.6 Å². The summed E-state index contributed by atoms with van der Waals surface area (Å²) in [5.41, 5.74) is 0.403. The predicted molar refractivity (Wildman–Crippen MR) is 80.3 cm³/mol. The Hall–Kier alpha value is 0.270. The van der Waals surface area contributed by atoms with Crippen molar-refractivity contribution >= 4 is 11.8 Å². The van der Waals surface area contributed by atoms with Gasteiger partial charge in [-0.3, -0.25) is 0 Å². The lowest BCUT2D eigenvalue weighted by Crippen LogP contribution is -2.54. The van der Waals surface area contributed by atoms with Gasteiger partial charge in [0.15, 0.2) is 0 Å². The highest BCUT2D eigenvalue weighted by Crippen LogP contribution is 2.45. The van der Waals surface area contributed by atoms with Gasteiger partial charge in [0, 0.05) is 23.4 Å². The van der Waals surface area contributed by atoms with Gasteiger partial charge in [-0.1, -0.05) is 6.42 Å². The maximum Gasteiger partial charge on any atom is 0.0308 e. The molecule has 0 bridgehead atoms. The van der Waals surface area contributed by atoms with Gasteiger partial charge in [0.1, 0.15) is 0 Å². The lowest BCUT2D eigenvalue weighted by molar-refractivity contribution is 0.162. The third-order valence-electron chi connectivity index (χ3n) is 5.42. The number of rotatable bonds is 4. The smallest absolute Gasteiger partial charge is 0.0308 e. The van der Waals surface area contributed by atoms with Crippen LogP contribution in [0.25, 0.3) is 0 Å². The second kappa shape index (κ2) is 4.99. The Bertz CT molecular complexity index is 293. The van der Waals surface area contributed by atoms with E-state index in [1.165, 1.54) is 64.7 Å². The zero-order valence-electron chi connectivity index (χ0n) is 12.0. The fourth-order valence-corrected chi connectivity index (χ4v) is 4.82. The van der Waals surface area contributed by atoms with Crippen molar-refractivity contribution in [3.63, 3.8) is 0 Å². The molecule has 1 unspecified atom stereocenters. The second-order valence-electron chi connectivity index (χ2n) is 6.92. The average Bonchev–Trinajstić information content (AvgIpc) is 3.11. The summed E-state index contributed by atoms with van der Waals surface area (Å²) in [6.07, 6.45) is 10.9. The highest BCUT2D eigenvalue weighted by atomic mass is 32.2. The van der Waals surface area contributed by atoms with E-state index < -0.39 is 0 Å². The number of hydrogen-bond acceptors (Lipinski definition) is 3. The summed E-state index contributed by atoms with van der Waals surface area (Å²) < 4.78 is 0.606. The fourth-order valence-electron chi connectivity index (χ4n) is 3.81. The van der Waals surface area contributed by atoms with E-state index in [-0.39, 0.29) is 0 Å². The van der Waals surface area contributed by atoms with E-state index >= 15 is 0 Å². The molecule has 0 radical (unpaired) electrons. The predicted octanol–water partition coefficient (Wildman–Crippen LogP) is 2.74. The van der Waals surface area contributed by atoms with E-state index in [0.29, 0.717) is 10.3 Å². The normalized spacial score (nSPS) is 37.0. The van der Waals surface area contributed by atoms with Crippen molar-refractivity contribution in [2.45, 2.75) is 55.7 Å². The molecule has 18 heavy (non-hydrogen) atoms. The lowest BCUT2D eigenvalue weighted by atomic mass is 9.83. The van der Waals surface area contributed by atoms with Gasteiger partial charge in [0.25, 0.3) is 0 Å². The highest BCUT2D eigenvalue weighted by molar-refractivity contribution is 8.00. The molecule has 1 heterocycles. The Morgan fingerprint density at radius 2 is 2.06 bits per heavy atom. The summed E-state index contributed by atoms with van der Waals surface area (Å²) in [6.45, 7) is 7.60. The second-order valence-corrected chi connectivity index (χ2v) is 8.20. The maximum absolute atomic E-state index is 3.84. The summed E-state index contributed by atoms with van der Waals surface area (Å²) in [6, 6.07) is 0. The zero-order chi connectivity index (χ0) is 12.6. The summed E-state index contributed by atoms with van der Waals surface area (Å²) >= 11 is 2.12. The standard InChI is InChI=1S/C15H28N2S/c1-14(13-5-6-13)11-17(10-4-9-16-14)12-15(18-2)7-3-8-15/h13,16H,3-12H2,1-2H3. The SMILES string of the molecule is CSC1(CN2CCCNC(C)(C3CC3)C2)CCC1. The average molecular weight is 268 g/mol. The first kappa shape index (κ1) is 13.3. The van der Waals surface area contributed by atoms with Gasteiger partial charge in [0.2, 0.25) is 0 Å². The minimum atomic E-state index is 0.403. The molecule has 3 rings (SSSR count). The molecule has 0 spiro atoms. The van der Waals surface area contributed by atoms with Crippen molar-refractivity contribution in [3.8, 4) is 0 Å². The van der Waals surface area contributed by atoms with Crippen molar-refractivity contribution in [2.75, 3.05) is 32.4 Å². The van der Waals surface area contributed by atoms with Gasteiger partial charge < -0.3 is 10.2 Å². The van der Waals surface area contributed by atoms with Crippen molar-refractivity contribution in [2.24, 2.45) is 5.92 Å². The van der Waals surface area contributed by atoms with Crippen LogP contribution in [0.4, 0.5) is 0 Å². The van der Waals surface area contributed by atoms with Crippen LogP contribution in [-0.2, 0) is 0 Å². The largest absolute Gasteiger partial charge is 0.310 e. The minimum absolute atomic E-state index is 0.403. The molecule has 3 aliphatic rings. The molecule has 0 aromatic rings. The van der Waals surface area contributed by atoms with Crippen LogP contribution in [0, 0.1) is 5.92 Å². The summed E-state index contributed by atoms with van der Waals surface area (Å²) in [5.74, 6) is 0.949. The highest BCUT2D eigenvalue weighted by Gasteiger charge is 2.45. The van der Waals surface area contributed by atoms with Crippen molar-refractivity contribution in [1.82, 2.24) is 10.2 Å². The van der Waals surface area contributed by atoms with Crippen LogP contribution < -0.4 is 5.32 Å². The molecule has 2 saturated carbocycles. The monoisotopic (exact) mass is 268 g/mol. The van der Waals surface area contributed by atoms with Crippen LogP contribution in [0.3, 0.4) is 0 Å². The fraction of sp³-hybridized carbons (Fsp3) is 1.00. The Morgan fingerprint density at radius 3 is 2.61 bits per heavy atom. The van der Waals surface area contributed by atoms with E-state index in [9.17, 15) is 0 Å². The van der Waals surface area contributed by atoms with Crippen molar-refractivity contribution in [3.05, 3.63) is 0 Å². The van der Waals surface area contributed by atoms with Crippen molar-refractivity contribution < 1.29 is 0 Å². The number of nitrogens with one attached hydrogen (secondary N) is 1. The first-order chi connectivity index (χ1) is 8.66. The lowest BCUT2D eigenvalue weighted by Gasteiger charge is -2.45.